The number of carbonyl (C=O) groups is 1. The zero-order valence-electron chi connectivity index (χ0n) is 12.1. The molecule has 1 fully saturated rings. The SMILES string of the molecule is CCC1CCC(Cc2ccn(C(C)C)n2)(C(=O)O)C1. The molecule has 4 nitrogen and oxygen atoms in total. The van der Waals surface area contributed by atoms with Gasteiger partial charge in [0.15, 0.2) is 0 Å². The maximum atomic E-state index is 11.7. The zero-order valence-corrected chi connectivity index (χ0v) is 12.1. The van der Waals surface area contributed by atoms with Gasteiger partial charge in [0.05, 0.1) is 11.1 Å². The van der Waals surface area contributed by atoms with E-state index >= 15 is 0 Å². The molecule has 1 aliphatic carbocycles. The van der Waals surface area contributed by atoms with Crippen molar-refractivity contribution in [2.75, 3.05) is 0 Å². The molecule has 0 amide bonds. The Balaban J connectivity index is 2.15. The number of rotatable bonds is 5. The van der Waals surface area contributed by atoms with Crippen LogP contribution >= 0.6 is 0 Å². The molecule has 19 heavy (non-hydrogen) atoms. The van der Waals surface area contributed by atoms with Crippen LogP contribution in [0.2, 0.25) is 0 Å². The van der Waals surface area contributed by atoms with Crippen molar-refractivity contribution in [1.82, 2.24) is 9.78 Å². The second-order valence-corrected chi connectivity index (χ2v) is 6.16. The Hall–Kier alpha value is -1.32. The predicted octanol–water partition coefficient (Wildman–Crippen LogP) is 3.29. The minimum absolute atomic E-state index is 0.321. The number of aliphatic carboxylic acids is 1. The summed E-state index contributed by atoms with van der Waals surface area (Å²) in [5.74, 6) is -0.0918. The molecule has 2 unspecified atom stereocenters. The van der Waals surface area contributed by atoms with E-state index in [1.54, 1.807) is 0 Å². The quantitative estimate of drug-likeness (QED) is 0.887. The lowest BCUT2D eigenvalue weighted by molar-refractivity contribution is -0.148. The van der Waals surface area contributed by atoms with Crippen LogP contribution in [0.4, 0.5) is 0 Å². The van der Waals surface area contributed by atoms with Gasteiger partial charge in [-0.1, -0.05) is 13.3 Å². The highest BCUT2D eigenvalue weighted by atomic mass is 16.4. The molecule has 0 spiro atoms. The standard InChI is InChI=1S/C15H24N2O2/c1-4-12-5-7-15(9-12,14(18)19)10-13-6-8-17(16-13)11(2)3/h6,8,11-12H,4-5,7,9-10H2,1-3H3,(H,18,19). The van der Waals surface area contributed by atoms with Crippen molar-refractivity contribution < 1.29 is 9.90 Å². The number of carboxylic acid groups (broad SMARTS) is 1. The topological polar surface area (TPSA) is 55.1 Å². The van der Waals surface area contributed by atoms with Crippen LogP contribution in [0.25, 0.3) is 0 Å². The third kappa shape index (κ3) is 2.82. The summed E-state index contributed by atoms with van der Waals surface area (Å²) in [5.41, 5.74) is 0.324. The summed E-state index contributed by atoms with van der Waals surface area (Å²) in [6.45, 7) is 6.30. The summed E-state index contributed by atoms with van der Waals surface area (Å²) in [6, 6.07) is 2.28. The third-order valence-corrected chi connectivity index (χ3v) is 4.45. The van der Waals surface area contributed by atoms with Gasteiger partial charge >= 0.3 is 5.97 Å². The number of hydrogen-bond acceptors (Lipinski definition) is 2. The molecule has 2 atom stereocenters. The van der Waals surface area contributed by atoms with E-state index in [1.165, 1.54) is 0 Å². The van der Waals surface area contributed by atoms with Gasteiger partial charge in [-0.2, -0.15) is 5.10 Å². The molecule has 1 aromatic rings. The van der Waals surface area contributed by atoms with Gasteiger partial charge in [-0.3, -0.25) is 9.48 Å². The van der Waals surface area contributed by atoms with Gasteiger partial charge in [0.1, 0.15) is 0 Å². The van der Waals surface area contributed by atoms with E-state index in [0.717, 1.165) is 31.4 Å². The van der Waals surface area contributed by atoms with Crippen molar-refractivity contribution >= 4 is 5.97 Å². The first kappa shape index (κ1) is 14.1. The monoisotopic (exact) mass is 264 g/mol. The number of carboxylic acids is 1. The Bertz CT molecular complexity index is 453. The smallest absolute Gasteiger partial charge is 0.310 e. The van der Waals surface area contributed by atoms with E-state index < -0.39 is 11.4 Å². The highest BCUT2D eigenvalue weighted by Crippen LogP contribution is 2.45. The van der Waals surface area contributed by atoms with Gasteiger partial charge < -0.3 is 5.11 Å². The molecule has 1 heterocycles. The van der Waals surface area contributed by atoms with E-state index in [-0.39, 0.29) is 0 Å². The third-order valence-electron chi connectivity index (χ3n) is 4.45. The van der Waals surface area contributed by atoms with Crippen LogP contribution in [0.15, 0.2) is 12.3 Å². The van der Waals surface area contributed by atoms with Crippen LogP contribution in [0.5, 0.6) is 0 Å². The molecule has 0 aromatic carbocycles. The summed E-state index contributed by atoms with van der Waals surface area (Å²) in [5, 5.41) is 14.1. The zero-order chi connectivity index (χ0) is 14.0. The predicted molar refractivity (Wildman–Crippen MR) is 74.0 cm³/mol. The Morgan fingerprint density at radius 2 is 2.37 bits per heavy atom. The van der Waals surface area contributed by atoms with Crippen molar-refractivity contribution in [3.8, 4) is 0 Å². The lowest BCUT2D eigenvalue weighted by atomic mass is 9.80. The lowest BCUT2D eigenvalue weighted by Crippen LogP contribution is -2.31. The van der Waals surface area contributed by atoms with Crippen molar-refractivity contribution in [2.45, 2.75) is 58.9 Å². The van der Waals surface area contributed by atoms with Crippen LogP contribution in [-0.2, 0) is 11.2 Å². The Morgan fingerprint density at radius 3 is 2.84 bits per heavy atom. The van der Waals surface area contributed by atoms with E-state index in [1.807, 2.05) is 16.9 Å². The highest BCUT2D eigenvalue weighted by molar-refractivity contribution is 5.75. The minimum Gasteiger partial charge on any atom is -0.481 e. The van der Waals surface area contributed by atoms with E-state index in [9.17, 15) is 9.90 Å². The van der Waals surface area contributed by atoms with Crippen LogP contribution in [0.1, 0.15) is 58.2 Å². The molecule has 0 radical (unpaired) electrons. The first-order chi connectivity index (χ1) is 8.97. The van der Waals surface area contributed by atoms with E-state index in [4.69, 9.17) is 0 Å². The summed E-state index contributed by atoms with van der Waals surface area (Å²) in [6.07, 6.45) is 6.21. The molecule has 4 heteroatoms. The van der Waals surface area contributed by atoms with Gasteiger partial charge in [0.2, 0.25) is 0 Å². The Morgan fingerprint density at radius 1 is 1.63 bits per heavy atom. The number of aromatic nitrogens is 2. The molecule has 1 aliphatic rings. The van der Waals surface area contributed by atoms with Crippen LogP contribution < -0.4 is 0 Å². The summed E-state index contributed by atoms with van der Waals surface area (Å²) >= 11 is 0. The van der Waals surface area contributed by atoms with Gasteiger partial charge in [0, 0.05) is 18.7 Å². The average molecular weight is 264 g/mol. The first-order valence-electron chi connectivity index (χ1n) is 7.24. The summed E-state index contributed by atoms with van der Waals surface area (Å²) in [4.78, 5) is 11.7. The van der Waals surface area contributed by atoms with Crippen LogP contribution in [0.3, 0.4) is 0 Å². The highest BCUT2D eigenvalue weighted by Gasteiger charge is 2.45. The van der Waals surface area contributed by atoms with Crippen molar-refractivity contribution in [3.05, 3.63) is 18.0 Å². The van der Waals surface area contributed by atoms with E-state index in [2.05, 4.69) is 25.9 Å². The van der Waals surface area contributed by atoms with Gasteiger partial charge in [-0.15, -0.1) is 0 Å². The van der Waals surface area contributed by atoms with Crippen LogP contribution in [0, 0.1) is 11.3 Å². The maximum absolute atomic E-state index is 11.7. The molecule has 106 valence electrons. The molecular weight excluding hydrogens is 240 g/mol. The summed E-state index contributed by atoms with van der Waals surface area (Å²) in [7, 11) is 0. The summed E-state index contributed by atoms with van der Waals surface area (Å²) < 4.78 is 1.90. The van der Waals surface area contributed by atoms with Crippen molar-refractivity contribution in [1.29, 1.82) is 0 Å². The fourth-order valence-electron chi connectivity index (χ4n) is 3.12. The first-order valence-corrected chi connectivity index (χ1v) is 7.24. The largest absolute Gasteiger partial charge is 0.481 e. The van der Waals surface area contributed by atoms with Gasteiger partial charge in [-0.05, 0) is 45.1 Å². The van der Waals surface area contributed by atoms with E-state index in [0.29, 0.717) is 18.4 Å². The second kappa shape index (κ2) is 5.35. The average Bonchev–Trinajstić information content (AvgIpc) is 2.97. The van der Waals surface area contributed by atoms with Crippen LogP contribution in [-0.4, -0.2) is 20.9 Å². The fraction of sp³-hybridized carbons (Fsp3) is 0.733. The Kier molecular flexibility index (Phi) is 3.97. The van der Waals surface area contributed by atoms with Gasteiger partial charge in [0.25, 0.3) is 0 Å². The molecule has 2 rings (SSSR count). The fourth-order valence-corrected chi connectivity index (χ4v) is 3.12. The molecular formula is C15H24N2O2. The lowest BCUT2D eigenvalue weighted by Gasteiger charge is -2.23. The second-order valence-electron chi connectivity index (χ2n) is 6.16. The molecule has 1 saturated carbocycles. The molecule has 0 saturated heterocycles. The van der Waals surface area contributed by atoms with Gasteiger partial charge in [-0.25, -0.2) is 0 Å². The molecule has 0 aliphatic heterocycles. The molecule has 1 N–H and O–H groups in total. The normalized spacial score (nSPS) is 27.1. The maximum Gasteiger partial charge on any atom is 0.310 e. The number of hydrogen-bond donors (Lipinski definition) is 1. The van der Waals surface area contributed by atoms with Crippen molar-refractivity contribution in [2.24, 2.45) is 11.3 Å². The minimum atomic E-state index is -0.650. The number of nitrogens with zero attached hydrogens (tertiary/aromatic N) is 2. The molecule has 1 aromatic heterocycles. The Labute approximate surface area is 114 Å². The molecule has 0 bridgehead atoms. The van der Waals surface area contributed by atoms with Crippen molar-refractivity contribution in [3.63, 3.8) is 0 Å².